The van der Waals surface area contributed by atoms with Crippen LogP contribution in [0.25, 0.3) is 0 Å². The first-order chi connectivity index (χ1) is 12.0. The van der Waals surface area contributed by atoms with Gasteiger partial charge in [0.25, 0.3) is 5.91 Å². The number of halogens is 1. The molecule has 0 unspecified atom stereocenters. The molecule has 0 aliphatic heterocycles. The summed E-state index contributed by atoms with van der Waals surface area (Å²) in [5, 5.41) is 8.65. The molecule has 2 aromatic rings. The van der Waals surface area contributed by atoms with E-state index in [1.807, 2.05) is 6.92 Å². The molecule has 0 saturated heterocycles. The minimum absolute atomic E-state index is 0.168. The summed E-state index contributed by atoms with van der Waals surface area (Å²) in [6.45, 7) is 2.51. The molecule has 0 aliphatic rings. The summed E-state index contributed by atoms with van der Waals surface area (Å²) >= 11 is 5.80. The Kier molecular flexibility index (Phi) is 6.65. The van der Waals surface area contributed by atoms with Crippen LogP contribution in [0.5, 0.6) is 5.75 Å². The lowest BCUT2D eigenvalue weighted by Crippen LogP contribution is -2.32. The maximum Gasteiger partial charge on any atom is 0.319 e. The fraction of sp³-hybridized carbons (Fsp3) is 0.222. The van der Waals surface area contributed by atoms with Crippen LogP contribution in [0.1, 0.15) is 15.9 Å². The zero-order chi connectivity index (χ0) is 18.2. The van der Waals surface area contributed by atoms with Crippen molar-refractivity contribution in [3.63, 3.8) is 0 Å². The number of hydrogen-bond donors (Lipinski definition) is 3. The van der Waals surface area contributed by atoms with E-state index in [4.69, 9.17) is 16.3 Å². The van der Waals surface area contributed by atoms with Crippen LogP contribution in [-0.4, -0.2) is 32.1 Å². The number of carbonyl (C=O) groups is 2. The number of nitrogens with one attached hydrogen (secondary N) is 3. The molecule has 0 heterocycles. The molecule has 3 amide bonds. The topological polar surface area (TPSA) is 79.5 Å². The second kappa shape index (κ2) is 8.94. The van der Waals surface area contributed by atoms with Gasteiger partial charge < -0.3 is 20.7 Å². The Morgan fingerprint density at radius 1 is 1.12 bits per heavy atom. The molecular formula is C18H20ClN3O3. The third-order valence-corrected chi connectivity index (χ3v) is 3.69. The van der Waals surface area contributed by atoms with E-state index < -0.39 is 0 Å². The molecule has 0 bridgehead atoms. The molecule has 3 N–H and O–H groups in total. The van der Waals surface area contributed by atoms with Gasteiger partial charge in [0.05, 0.1) is 6.54 Å². The van der Waals surface area contributed by atoms with Crippen LogP contribution in [-0.2, 0) is 0 Å². The number of aryl methyl sites for hydroxylation is 1. The molecule has 0 aromatic heterocycles. The van der Waals surface area contributed by atoms with Crippen molar-refractivity contribution in [2.24, 2.45) is 0 Å². The largest absolute Gasteiger partial charge is 0.492 e. The summed E-state index contributed by atoms with van der Waals surface area (Å²) in [6, 6.07) is 11.7. The van der Waals surface area contributed by atoms with Crippen LogP contribution >= 0.6 is 11.6 Å². The maximum absolute atomic E-state index is 11.9. The van der Waals surface area contributed by atoms with E-state index in [2.05, 4.69) is 16.0 Å². The monoisotopic (exact) mass is 361 g/mol. The standard InChI is InChI=1S/C18H20ClN3O3/c1-12-11-13(17(23)20-2)3-8-16(12)22-18(24)21-9-10-25-15-6-4-14(19)5-7-15/h3-8,11H,9-10H2,1-2H3,(H,20,23)(H2,21,22,24). The third kappa shape index (κ3) is 5.69. The van der Waals surface area contributed by atoms with Gasteiger partial charge in [0.1, 0.15) is 12.4 Å². The van der Waals surface area contributed by atoms with Crippen molar-refractivity contribution in [2.45, 2.75) is 6.92 Å². The summed E-state index contributed by atoms with van der Waals surface area (Å²) in [4.78, 5) is 23.5. The lowest BCUT2D eigenvalue weighted by atomic mass is 10.1. The van der Waals surface area contributed by atoms with Gasteiger partial charge in [-0.15, -0.1) is 0 Å². The van der Waals surface area contributed by atoms with E-state index in [0.29, 0.717) is 35.2 Å². The molecule has 2 aromatic carbocycles. The molecule has 2 rings (SSSR count). The van der Waals surface area contributed by atoms with Crippen molar-refractivity contribution >= 4 is 29.2 Å². The highest BCUT2D eigenvalue weighted by atomic mass is 35.5. The molecule has 0 saturated carbocycles. The predicted octanol–water partition coefficient (Wildman–Crippen LogP) is 3.21. The summed E-state index contributed by atoms with van der Waals surface area (Å²) in [5.41, 5.74) is 1.99. The van der Waals surface area contributed by atoms with Gasteiger partial charge in [0, 0.05) is 23.3 Å². The lowest BCUT2D eigenvalue weighted by molar-refractivity contribution is 0.0963. The highest BCUT2D eigenvalue weighted by Crippen LogP contribution is 2.17. The Morgan fingerprint density at radius 2 is 1.84 bits per heavy atom. The third-order valence-electron chi connectivity index (χ3n) is 3.43. The van der Waals surface area contributed by atoms with Gasteiger partial charge in [-0.25, -0.2) is 4.79 Å². The first-order valence-electron chi connectivity index (χ1n) is 7.75. The predicted molar refractivity (Wildman–Crippen MR) is 98.5 cm³/mol. The van der Waals surface area contributed by atoms with Gasteiger partial charge in [-0.05, 0) is 55.0 Å². The average molecular weight is 362 g/mol. The van der Waals surface area contributed by atoms with E-state index in [1.54, 1.807) is 49.5 Å². The number of urea groups is 1. The van der Waals surface area contributed by atoms with Gasteiger partial charge >= 0.3 is 6.03 Å². The Balaban J connectivity index is 1.78. The van der Waals surface area contributed by atoms with Gasteiger partial charge in [-0.1, -0.05) is 11.6 Å². The second-order valence-corrected chi connectivity index (χ2v) is 5.73. The van der Waals surface area contributed by atoms with E-state index in [9.17, 15) is 9.59 Å². The maximum atomic E-state index is 11.9. The summed E-state index contributed by atoms with van der Waals surface area (Å²) in [7, 11) is 1.57. The molecule has 6 nitrogen and oxygen atoms in total. The van der Waals surface area contributed by atoms with Crippen molar-refractivity contribution in [3.8, 4) is 5.75 Å². The summed E-state index contributed by atoms with van der Waals surface area (Å²) in [5.74, 6) is 0.519. The van der Waals surface area contributed by atoms with Crippen molar-refractivity contribution in [3.05, 3.63) is 58.6 Å². The Morgan fingerprint density at radius 3 is 2.48 bits per heavy atom. The van der Waals surface area contributed by atoms with Gasteiger partial charge in [0.15, 0.2) is 0 Å². The van der Waals surface area contributed by atoms with Crippen LogP contribution in [0, 0.1) is 6.92 Å². The number of hydrogen-bond acceptors (Lipinski definition) is 3. The van der Waals surface area contributed by atoms with Crippen LogP contribution in [0.2, 0.25) is 5.02 Å². The normalized spacial score (nSPS) is 10.0. The Bertz CT molecular complexity index is 748. The summed E-state index contributed by atoms with van der Waals surface area (Å²) in [6.07, 6.45) is 0. The zero-order valence-corrected chi connectivity index (χ0v) is 14.8. The first kappa shape index (κ1) is 18.6. The second-order valence-electron chi connectivity index (χ2n) is 5.29. The number of benzene rings is 2. The van der Waals surface area contributed by atoms with Crippen LogP contribution < -0.4 is 20.7 Å². The highest BCUT2D eigenvalue weighted by molar-refractivity contribution is 6.30. The Labute approximate surface area is 151 Å². The SMILES string of the molecule is CNC(=O)c1ccc(NC(=O)NCCOc2ccc(Cl)cc2)c(C)c1. The molecule has 0 atom stereocenters. The highest BCUT2D eigenvalue weighted by Gasteiger charge is 2.08. The van der Waals surface area contributed by atoms with E-state index in [1.165, 1.54) is 0 Å². The fourth-order valence-electron chi connectivity index (χ4n) is 2.12. The van der Waals surface area contributed by atoms with E-state index in [0.717, 1.165) is 5.56 Å². The minimum Gasteiger partial charge on any atom is -0.492 e. The molecule has 0 aliphatic carbocycles. The molecule has 25 heavy (non-hydrogen) atoms. The van der Waals surface area contributed by atoms with Gasteiger partial charge in [-0.3, -0.25) is 4.79 Å². The summed E-state index contributed by atoms with van der Waals surface area (Å²) < 4.78 is 5.49. The number of amides is 3. The van der Waals surface area contributed by atoms with E-state index >= 15 is 0 Å². The van der Waals surface area contributed by atoms with Gasteiger partial charge in [-0.2, -0.15) is 0 Å². The lowest BCUT2D eigenvalue weighted by Gasteiger charge is -2.11. The average Bonchev–Trinajstić information content (AvgIpc) is 2.61. The van der Waals surface area contributed by atoms with Crippen molar-refractivity contribution < 1.29 is 14.3 Å². The molecule has 0 radical (unpaired) electrons. The number of anilines is 1. The van der Waals surface area contributed by atoms with Crippen LogP contribution in [0.3, 0.4) is 0 Å². The number of carbonyl (C=O) groups excluding carboxylic acids is 2. The number of rotatable bonds is 6. The quantitative estimate of drug-likeness (QED) is 0.691. The smallest absolute Gasteiger partial charge is 0.319 e. The Hall–Kier alpha value is -2.73. The van der Waals surface area contributed by atoms with Crippen molar-refractivity contribution in [1.82, 2.24) is 10.6 Å². The van der Waals surface area contributed by atoms with Crippen LogP contribution in [0.15, 0.2) is 42.5 Å². The molecule has 132 valence electrons. The molecule has 0 spiro atoms. The van der Waals surface area contributed by atoms with Crippen molar-refractivity contribution in [1.29, 1.82) is 0 Å². The molecule has 7 heteroatoms. The van der Waals surface area contributed by atoms with Gasteiger partial charge in [0.2, 0.25) is 0 Å². The fourth-order valence-corrected chi connectivity index (χ4v) is 2.25. The minimum atomic E-state index is -0.338. The molecular weight excluding hydrogens is 342 g/mol. The van der Waals surface area contributed by atoms with E-state index in [-0.39, 0.29) is 11.9 Å². The van der Waals surface area contributed by atoms with Crippen LogP contribution in [0.4, 0.5) is 10.5 Å². The first-order valence-corrected chi connectivity index (χ1v) is 8.13. The zero-order valence-electron chi connectivity index (χ0n) is 14.1. The van der Waals surface area contributed by atoms with Crippen molar-refractivity contribution in [2.75, 3.05) is 25.5 Å². The number of ether oxygens (including phenoxy) is 1. The molecule has 0 fully saturated rings.